The molecule has 2 saturated heterocycles. The van der Waals surface area contributed by atoms with Gasteiger partial charge in [-0.2, -0.15) is 0 Å². The Kier molecular flexibility index (Phi) is 7.48. The first-order chi connectivity index (χ1) is 19.3. The predicted octanol–water partition coefficient (Wildman–Crippen LogP) is 3.68. The third-order valence-corrected chi connectivity index (χ3v) is 9.25. The Labute approximate surface area is 243 Å². The number of aliphatic hydroxyl groups excluding tert-OH is 1. The van der Waals surface area contributed by atoms with Crippen LogP contribution in [0.3, 0.4) is 0 Å². The fourth-order valence-corrected chi connectivity index (χ4v) is 8.00. The van der Waals surface area contributed by atoms with Crippen LogP contribution in [0.1, 0.15) is 59.9 Å². The number of rotatable bonds is 7. The number of fused-ring (bicyclic) bond motifs is 2. The molecule has 1 aromatic carbocycles. The number of nitrogens with zero attached hydrogens (tertiary/aromatic N) is 2. The van der Waals surface area contributed by atoms with E-state index in [1.165, 1.54) is 4.90 Å². The standard InChI is InChI=1S/C33H44N2O6/c1-7-32-15-12-18-40-29(39)25(32)24-27(37)35(23(20-36)19-22-13-9-8-10-14-22)26-28(38)34(17-11-16-33(24,26)41-32)31(5,6)21-30(2,3)4/h8-16,23-26,36H,7,17-21H2,1-6H3/t23-,24+,25-,26?,32+,33+/m1/s1. The Bertz CT molecular complexity index is 1250. The van der Waals surface area contributed by atoms with Crippen LogP contribution in [0.25, 0.3) is 0 Å². The molecule has 8 heteroatoms. The molecule has 0 saturated carbocycles. The number of benzene rings is 1. The van der Waals surface area contributed by atoms with Gasteiger partial charge in [-0.3, -0.25) is 14.4 Å². The average molecular weight is 565 g/mol. The van der Waals surface area contributed by atoms with Gasteiger partial charge in [-0.1, -0.05) is 76.3 Å². The molecule has 4 aliphatic heterocycles. The summed E-state index contributed by atoms with van der Waals surface area (Å²) < 4.78 is 12.5. The summed E-state index contributed by atoms with van der Waals surface area (Å²) in [7, 11) is 0. The minimum atomic E-state index is -1.38. The normalized spacial score (nSPS) is 32.3. The Morgan fingerprint density at radius 2 is 1.71 bits per heavy atom. The van der Waals surface area contributed by atoms with E-state index in [0.717, 1.165) is 12.0 Å². The van der Waals surface area contributed by atoms with E-state index in [4.69, 9.17) is 9.47 Å². The van der Waals surface area contributed by atoms with Gasteiger partial charge in [-0.25, -0.2) is 0 Å². The molecule has 0 bridgehead atoms. The minimum Gasteiger partial charge on any atom is -0.461 e. The second-order valence-electron chi connectivity index (χ2n) is 13.8. The van der Waals surface area contributed by atoms with Crippen molar-refractivity contribution in [1.82, 2.24) is 9.80 Å². The van der Waals surface area contributed by atoms with Crippen molar-refractivity contribution in [2.45, 2.75) is 89.6 Å². The number of amides is 2. The summed E-state index contributed by atoms with van der Waals surface area (Å²) in [6.45, 7) is 12.6. The molecule has 6 atom stereocenters. The first-order valence-corrected chi connectivity index (χ1v) is 14.8. The lowest BCUT2D eigenvalue weighted by atomic mass is 9.73. The zero-order chi connectivity index (χ0) is 29.8. The second-order valence-corrected chi connectivity index (χ2v) is 13.8. The van der Waals surface area contributed by atoms with Crippen molar-refractivity contribution < 1.29 is 29.0 Å². The van der Waals surface area contributed by atoms with Crippen molar-refractivity contribution in [1.29, 1.82) is 0 Å². The number of ether oxygens (including phenoxy) is 2. The van der Waals surface area contributed by atoms with Gasteiger partial charge in [0.25, 0.3) is 0 Å². The Morgan fingerprint density at radius 1 is 1.00 bits per heavy atom. The van der Waals surface area contributed by atoms with E-state index in [9.17, 15) is 19.5 Å². The van der Waals surface area contributed by atoms with Gasteiger partial charge in [0.05, 0.1) is 18.6 Å². The summed E-state index contributed by atoms with van der Waals surface area (Å²) in [6, 6.07) is 7.89. The maximum absolute atomic E-state index is 14.9. The highest BCUT2D eigenvalue weighted by Gasteiger charge is 2.76. The van der Waals surface area contributed by atoms with Gasteiger partial charge in [-0.15, -0.1) is 0 Å². The number of aliphatic hydroxyl groups is 1. The maximum Gasteiger partial charge on any atom is 0.313 e. The number of carbonyl (C=O) groups excluding carboxylic acids is 3. The van der Waals surface area contributed by atoms with Crippen molar-refractivity contribution >= 4 is 17.8 Å². The Hall–Kier alpha value is -2.97. The van der Waals surface area contributed by atoms with Crippen molar-refractivity contribution in [3.63, 3.8) is 0 Å². The molecule has 0 radical (unpaired) electrons. The SMILES string of the molecule is CC[C@]12C=CCOC(=O)[C@H]1[C@H]1C(=O)N([C@@H](CO)Cc3ccccc3)C3C(=O)N(C(C)(C)CC(C)(C)C)CC=C[C@@]31O2. The van der Waals surface area contributed by atoms with E-state index in [1.807, 2.05) is 60.4 Å². The smallest absolute Gasteiger partial charge is 0.313 e. The first-order valence-electron chi connectivity index (χ1n) is 14.8. The van der Waals surface area contributed by atoms with Crippen LogP contribution in [0.2, 0.25) is 0 Å². The van der Waals surface area contributed by atoms with Crippen LogP contribution in [-0.2, 0) is 30.3 Å². The number of cyclic esters (lactones) is 1. The van der Waals surface area contributed by atoms with E-state index in [-0.39, 0.29) is 30.4 Å². The highest BCUT2D eigenvalue weighted by atomic mass is 16.6. The van der Waals surface area contributed by atoms with Gasteiger partial charge < -0.3 is 24.4 Å². The predicted molar refractivity (Wildman–Crippen MR) is 155 cm³/mol. The van der Waals surface area contributed by atoms with Gasteiger partial charge in [0, 0.05) is 12.1 Å². The second kappa shape index (κ2) is 10.4. The molecule has 0 aromatic heterocycles. The molecule has 1 N–H and O–H groups in total. The zero-order valence-corrected chi connectivity index (χ0v) is 25.1. The largest absolute Gasteiger partial charge is 0.461 e. The van der Waals surface area contributed by atoms with Gasteiger partial charge in [0.1, 0.15) is 29.8 Å². The number of esters is 1. The molecule has 0 aliphatic carbocycles. The third kappa shape index (κ3) is 4.83. The topological polar surface area (TPSA) is 96.4 Å². The van der Waals surface area contributed by atoms with Crippen LogP contribution < -0.4 is 0 Å². The quantitative estimate of drug-likeness (QED) is 0.401. The molecule has 4 aliphatic rings. The number of likely N-dealkylation sites (tertiary alicyclic amines) is 1. The summed E-state index contributed by atoms with van der Waals surface area (Å²) in [5, 5.41) is 10.7. The van der Waals surface area contributed by atoms with Gasteiger partial charge >= 0.3 is 5.97 Å². The summed E-state index contributed by atoms with van der Waals surface area (Å²) in [4.78, 5) is 46.4. The Balaban J connectivity index is 1.67. The molecule has 222 valence electrons. The molecular formula is C33H44N2O6. The zero-order valence-electron chi connectivity index (χ0n) is 25.1. The number of hydrogen-bond donors (Lipinski definition) is 1. The fourth-order valence-electron chi connectivity index (χ4n) is 8.00. The molecule has 1 aromatic rings. The van der Waals surface area contributed by atoms with Crippen molar-refractivity contribution in [2.24, 2.45) is 17.3 Å². The van der Waals surface area contributed by atoms with Crippen LogP contribution in [0.15, 0.2) is 54.6 Å². The van der Waals surface area contributed by atoms with Crippen molar-refractivity contribution in [2.75, 3.05) is 19.8 Å². The molecule has 5 rings (SSSR count). The van der Waals surface area contributed by atoms with Crippen molar-refractivity contribution in [3.8, 4) is 0 Å². The van der Waals surface area contributed by atoms with E-state index in [2.05, 4.69) is 34.6 Å². The highest BCUT2D eigenvalue weighted by Crippen LogP contribution is 2.59. The lowest BCUT2D eigenvalue weighted by Gasteiger charge is -2.46. The molecule has 1 spiro atoms. The van der Waals surface area contributed by atoms with Crippen LogP contribution in [0, 0.1) is 17.3 Å². The summed E-state index contributed by atoms with van der Waals surface area (Å²) in [5.74, 6) is -2.95. The van der Waals surface area contributed by atoms with E-state index in [0.29, 0.717) is 19.4 Å². The maximum atomic E-state index is 14.9. The lowest BCUT2D eigenvalue weighted by molar-refractivity contribution is -0.163. The summed E-state index contributed by atoms with van der Waals surface area (Å²) in [6.07, 6.45) is 8.93. The Morgan fingerprint density at radius 3 is 2.34 bits per heavy atom. The third-order valence-electron chi connectivity index (χ3n) is 9.25. The van der Waals surface area contributed by atoms with Gasteiger partial charge in [0.15, 0.2) is 0 Å². The first kappa shape index (κ1) is 29.5. The average Bonchev–Trinajstić information content (AvgIpc) is 3.18. The molecule has 4 heterocycles. The minimum absolute atomic E-state index is 0.0516. The monoisotopic (exact) mass is 564 g/mol. The van der Waals surface area contributed by atoms with Crippen LogP contribution in [0.5, 0.6) is 0 Å². The van der Waals surface area contributed by atoms with Crippen LogP contribution >= 0.6 is 0 Å². The lowest BCUT2D eigenvalue weighted by Crippen LogP contribution is -2.62. The van der Waals surface area contributed by atoms with E-state index in [1.54, 1.807) is 6.08 Å². The van der Waals surface area contributed by atoms with Gasteiger partial charge in [0.2, 0.25) is 11.8 Å². The summed E-state index contributed by atoms with van der Waals surface area (Å²) in [5.41, 5.74) is -2.10. The van der Waals surface area contributed by atoms with Crippen molar-refractivity contribution in [3.05, 3.63) is 60.2 Å². The molecule has 41 heavy (non-hydrogen) atoms. The van der Waals surface area contributed by atoms with E-state index < -0.39 is 46.6 Å². The van der Waals surface area contributed by atoms with Gasteiger partial charge in [-0.05, 0) is 50.2 Å². The number of carbonyl (C=O) groups is 3. The fraction of sp³-hybridized carbons (Fsp3) is 0.606. The molecule has 2 amide bonds. The summed E-state index contributed by atoms with van der Waals surface area (Å²) >= 11 is 0. The van der Waals surface area contributed by atoms with Crippen LogP contribution in [0.4, 0.5) is 0 Å². The highest BCUT2D eigenvalue weighted by molar-refractivity contribution is 5.99. The number of hydrogen-bond acceptors (Lipinski definition) is 6. The molecule has 2 fully saturated rings. The molecule has 1 unspecified atom stereocenters. The van der Waals surface area contributed by atoms with E-state index >= 15 is 0 Å². The van der Waals surface area contributed by atoms with Crippen LogP contribution in [-0.4, -0.2) is 81.3 Å². The molecular weight excluding hydrogens is 520 g/mol. The molecule has 8 nitrogen and oxygen atoms in total.